The standard InChI is InChI=1S/C12H19N3S/c1-4-5-8-15(3)12-10(11(13)16)9(2)6-7-14-12/h6-7H,4-5,8H2,1-3H3,(H2,13,16). The normalized spacial score (nSPS) is 10.2. The number of nitrogens with zero attached hydrogens (tertiary/aromatic N) is 2. The van der Waals surface area contributed by atoms with Crippen molar-refractivity contribution < 1.29 is 0 Å². The minimum Gasteiger partial charge on any atom is -0.389 e. The highest BCUT2D eigenvalue weighted by atomic mass is 32.1. The van der Waals surface area contributed by atoms with E-state index in [9.17, 15) is 0 Å². The van der Waals surface area contributed by atoms with Gasteiger partial charge in [-0.1, -0.05) is 25.6 Å². The quantitative estimate of drug-likeness (QED) is 0.798. The van der Waals surface area contributed by atoms with E-state index in [0.717, 1.165) is 29.9 Å². The van der Waals surface area contributed by atoms with Gasteiger partial charge < -0.3 is 10.6 Å². The zero-order chi connectivity index (χ0) is 12.1. The van der Waals surface area contributed by atoms with Crippen LogP contribution in [0.3, 0.4) is 0 Å². The molecule has 0 unspecified atom stereocenters. The Bertz CT molecular complexity index is 377. The first kappa shape index (κ1) is 12.9. The van der Waals surface area contributed by atoms with Gasteiger partial charge in [0.05, 0.1) is 5.56 Å². The van der Waals surface area contributed by atoms with E-state index in [4.69, 9.17) is 18.0 Å². The van der Waals surface area contributed by atoms with E-state index in [1.54, 1.807) is 6.20 Å². The topological polar surface area (TPSA) is 42.2 Å². The molecule has 0 aliphatic carbocycles. The molecule has 1 heterocycles. The zero-order valence-electron chi connectivity index (χ0n) is 10.2. The SMILES string of the molecule is CCCCN(C)c1nccc(C)c1C(N)=S. The van der Waals surface area contributed by atoms with Crippen molar-refractivity contribution in [1.82, 2.24) is 4.98 Å². The predicted octanol–water partition coefficient (Wildman–Crippen LogP) is 2.26. The molecule has 88 valence electrons. The van der Waals surface area contributed by atoms with Crippen LogP contribution in [0.15, 0.2) is 12.3 Å². The third-order valence-corrected chi connectivity index (χ3v) is 2.80. The van der Waals surface area contributed by atoms with Crippen LogP contribution in [0.5, 0.6) is 0 Å². The van der Waals surface area contributed by atoms with Gasteiger partial charge in [0.25, 0.3) is 0 Å². The van der Waals surface area contributed by atoms with Crippen LogP contribution < -0.4 is 10.6 Å². The summed E-state index contributed by atoms with van der Waals surface area (Å²) in [6, 6.07) is 1.94. The van der Waals surface area contributed by atoms with E-state index in [0.29, 0.717) is 4.99 Å². The molecule has 0 aliphatic heterocycles. The molecule has 0 aliphatic rings. The van der Waals surface area contributed by atoms with Gasteiger partial charge in [-0.3, -0.25) is 0 Å². The molecule has 1 rings (SSSR count). The molecule has 0 radical (unpaired) electrons. The fraction of sp³-hybridized carbons (Fsp3) is 0.500. The van der Waals surface area contributed by atoms with E-state index < -0.39 is 0 Å². The second kappa shape index (κ2) is 5.80. The molecule has 3 nitrogen and oxygen atoms in total. The van der Waals surface area contributed by atoms with E-state index >= 15 is 0 Å². The number of hydrogen-bond donors (Lipinski definition) is 1. The summed E-state index contributed by atoms with van der Waals surface area (Å²) in [7, 11) is 2.03. The molecule has 0 amide bonds. The summed E-state index contributed by atoms with van der Waals surface area (Å²) in [4.78, 5) is 6.91. The first-order valence-corrected chi connectivity index (χ1v) is 5.95. The lowest BCUT2D eigenvalue weighted by molar-refractivity contribution is 0.758. The van der Waals surface area contributed by atoms with Crippen LogP contribution >= 0.6 is 12.2 Å². The minimum atomic E-state index is 0.420. The Hall–Kier alpha value is -1.16. The predicted molar refractivity (Wildman–Crippen MR) is 73.0 cm³/mol. The summed E-state index contributed by atoms with van der Waals surface area (Å²) in [6.07, 6.45) is 4.11. The first-order valence-electron chi connectivity index (χ1n) is 5.54. The van der Waals surface area contributed by atoms with E-state index in [-0.39, 0.29) is 0 Å². The Morgan fingerprint density at radius 1 is 1.56 bits per heavy atom. The second-order valence-electron chi connectivity index (χ2n) is 3.97. The monoisotopic (exact) mass is 237 g/mol. The first-order chi connectivity index (χ1) is 7.57. The maximum absolute atomic E-state index is 5.75. The fourth-order valence-corrected chi connectivity index (χ4v) is 1.89. The Labute approximate surface area is 103 Å². The smallest absolute Gasteiger partial charge is 0.138 e. The lowest BCUT2D eigenvalue weighted by Gasteiger charge is -2.21. The molecule has 4 heteroatoms. The molecular weight excluding hydrogens is 218 g/mol. The highest BCUT2D eigenvalue weighted by Crippen LogP contribution is 2.20. The number of nitrogens with two attached hydrogens (primary N) is 1. The highest BCUT2D eigenvalue weighted by molar-refractivity contribution is 7.80. The fourth-order valence-electron chi connectivity index (χ4n) is 1.64. The Kier molecular flexibility index (Phi) is 4.68. The van der Waals surface area contributed by atoms with Crippen LogP contribution in [0, 0.1) is 6.92 Å². The van der Waals surface area contributed by atoms with Crippen LogP contribution in [0.2, 0.25) is 0 Å². The largest absolute Gasteiger partial charge is 0.389 e. The van der Waals surface area contributed by atoms with Gasteiger partial charge >= 0.3 is 0 Å². The van der Waals surface area contributed by atoms with Gasteiger partial charge in [0.15, 0.2) is 0 Å². The average molecular weight is 237 g/mol. The van der Waals surface area contributed by atoms with Crippen LogP contribution in [0.25, 0.3) is 0 Å². The Morgan fingerprint density at radius 2 is 2.25 bits per heavy atom. The molecule has 0 spiro atoms. The van der Waals surface area contributed by atoms with Gasteiger partial charge in [-0.05, 0) is 25.0 Å². The van der Waals surface area contributed by atoms with Crippen LogP contribution in [0.1, 0.15) is 30.9 Å². The molecular formula is C12H19N3S. The Balaban J connectivity index is 3.02. The highest BCUT2D eigenvalue weighted by Gasteiger charge is 2.12. The van der Waals surface area contributed by atoms with Gasteiger partial charge in [-0.2, -0.15) is 0 Å². The molecule has 0 bridgehead atoms. The lowest BCUT2D eigenvalue weighted by Crippen LogP contribution is -2.24. The van der Waals surface area contributed by atoms with Crippen molar-refractivity contribution in [3.05, 3.63) is 23.4 Å². The van der Waals surface area contributed by atoms with Crippen molar-refractivity contribution in [2.45, 2.75) is 26.7 Å². The van der Waals surface area contributed by atoms with Gasteiger partial charge in [-0.15, -0.1) is 0 Å². The summed E-state index contributed by atoms with van der Waals surface area (Å²) in [5, 5.41) is 0. The third-order valence-electron chi connectivity index (χ3n) is 2.59. The average Bonchev–Trinajstić information content (AvgIpc) is 2.24. The summed E-state index contributed by atoms with van der Waals surface area (Å²) >= 11 is 5.08. The number of aryl methyl sites for hydroxylation is 1. The molecule has 0 aromatic carbocycles. The maximum atomic E-state index is 5.75. The number of pyridine rings is 1. The molecule has 16 heavy (non-hydrogen) atoms. The van der Waals surface area contributed by atoms with Crippen molar-refractivity contribution in [2.75, 3.05) is 18.5 Å². The van der Waals surface area contributed by atoms with Crippen molar-refractivity contribution in [1.29, 1.82) is 0 Å². The number of rotatable bonds is 5. The molecule has 0 saturated heterocycles. The maximum Gasteiger partial charge on any atom is 0.138 e. The van der Waals surface area contributed by atoms with E-state index in [2.05, 4.69) is 16.8 Å². The van der Waals surface area contributed by atoms with Crippen molar-refractivity contribution in [3.63, 3.8) is 0 Å². The van der Waals surface area contributed by atoms with Crippen molar-refractivity contribution >= 4 is 23.0 Å². The second-order valence-corrected chi connectivity index (χ2v) is 4.41. The van der Waals surface area contributed by atoms with Crippen molar-refractivity contribution in [2.24, 2.45) is 5.73 Å². The summed E-state index contributed by atoms with van der Waals surface area (Å²) in [6.45, 7) is 5.15. The van der Waals surface area contributed by atoms with Crippen LogP contribution in [-0.2, 0) is 0 Å². The van der Waals surface area contributed by atoms with Crippen LogP contribution in [-0.4, -0.2) is 23.6 Å². The lowest BCUT2D eigenvalue weighted by atomic mass is 10.1. The number of thiocarbonyl (C=S) groups is 1. The number of anilines is 1. The molecule has 0 saturated carbocycles. The van der Waals surface area contributed by atoms with Gasteiger partial charge in [-0.25, -0.2) is 4.98 Å². The number of hydrogen-bond acceptors (Lipinski definition) is 3. The zero-order valence-corrected chi connectivity index (χ0v) is 11.0. The molecule has 0 fully saturated rings. The molecule has 2 N–H and O–H groups in total. The minimum absolute atomic E-state index is 0.420. The van der Waals surface area contributed by atoms with Gasteiger partial charge in [0.1, 0.15) is 10.8 Å². The van der Waals surface area contributed by atoms with Crippen LogP contribution in [0.4, 0.5) is 5.82 Å². The Morgan fingerprint density at radius 3 is 2.81 bits per heavy atom. The summed E-state index contributed by atoms with van der Waals surface area (Å²) in [5.41, 5.74) is 7.73. The summed E-state index contributed by atoms with van der Waals surface area (Å²) in [5.74, 6) is 0.890. The molecule has 1 aromatic heterocycles. The number of aromatic nitrogens is 1. The van der Waals surface area contributed by atoms with Gasteiger partial charge in [0, 0.05) is 19.8 Å². The van der Waals surface area contributed by atoms with E-state index in [1.807, 2.05) is 20.0 Å². The molecule has 1 aromatic rings. The van der Waals surface area contributed by atoms with Gasteiger partial charge in [0.2, 0.25) is 0 Å². The molecule has 0 atom stereocenters. The third kappa shape index (κ3) is 2.92. The summed E-state index contributed by atoms with van der Waals surface area (Å²) < 4.78 is 0. The van der Waals surface area contributed by atoms with Crippen molar-refractivity contribution in [3.8, 4) is 0 Å². The van der Waals surface area contributed by atoms with E-state index in [1.165, 1.54) is 6.42 Å². The number of unbranched alkanes of at least 4 members (excludes halogenated alkanes) is 1.